The van der Waals surface area contributed by atoms with Crippen LogP contribution in [0.2, 0.25) is 0 Å². The SMILES string of the molecule is CCOC(=O)c1n[nH]c(C(CC)NC)n1. The molecule has 0 aliphatic carbocycles. The molecule has 0 aliphatic heterocycles. The number of hydrogen-bond acceptors (Lipinski definition) is 5. The Morgan fingerprint density at radius 1 is 1.60 bits per heavy atom. The second-order valence-corrected chi connectivity index (χ2v) is 3.01. The van der Waals surface area contributed by atoms with Crippen LogP contribution in [0.25, 0.3) is 0 Å². The van der Waals surface area contributed by atoms with E-state index >= 15 is 0 Å². The van der Waals surface area contributed by atoms with Crippen LogP contribution < -0.4 is 5.32 Å². The van der Waals surface area contributed by atoms with E-state index in [0.29, 0.717) is 12.4 Å². The van der Waals surface area contributed by atoms with Gasteiger partial charge in [0.15, 0.2) is 0 Å². The number of esters is 1. The number of nitrogens with one attached hydrogen (secondary N) is 2. The summed E-state index contributed by atoms with van der Waals surface area (Å²) < 4.78 is 4.78. The Hall–Kier alpha value is -1.43. The summed E-state index contributed by atoms with van der Waals surface area (Å²) in [5.41, 5.74) is 0. The highest BCUT2D eigenvalue weighted by Gasteiger charge is 2.17. The van der Waals surface area contributed by atoms with Gasteiger partial charge in [-0.25, -0.2) is 9.78 Å². The first kappa shape index (κ1) is 11.6. The van der Waals surface area contributed by atoms with Crippen LogP contribution in [0.15, 0.2) is 0 Å². The largest absolute Gasteiger partial charge is 0.460 e. The quantitative estimate of drug-likeness (QED) is 0.700. The number of carbonyl (C=O) groups excluding carboxylic acids is 1. The highest BCUT2D eigenvalue weighted by atomic mass is 16.5. The molecule has 2 N–H and O–H groups in total. The lowest BCUT2D eigenvalue weighted by molar-refractivity contribution is 0.0512. The Bertz CT molecular complexity index is 320. The van der Waals surface area contributed by atoms with Crippen molar-refractivity contribution in [3.8, 4) is 0 Å². The van der Waals surface area contributed by atoms with Gasteiger partial charge in [-0.2, -0.15) is 0 Å². The number of rotatable bonds is 5. The number of H-pyrrole nitrogens is 1. The molecule has 0 bridgehead atoms. The third-order valence-corrected chi connectivity index (χ3v) is 2.05. The molecule has 1 heterocycles. The Morgan fingerprint density at radius 3 is 2.87 bits per heavy atom. The van der Waals surface area contributed by atoms with Crippen LogP contribution in [0, 0.1) is 0 Å². The fourth-order valence-electron chi connectivity index (χ4n) is 1.25. The van der Waals surface area contributed by atoms with E-state index in [1.165, 1.54) is 0 Å². The Balaban J connectivity index is 2.75. The summed E-state index contributed by atoms with van der Waals surface area (Å²) in [6.07, 6.45) is 0.869. The molecule has 15 heavy (non-hydrogen) atoms. The number of hydrogen-bond donors (Lipinski definition) is 2. The van der Waals surface area contributed by atoms with Gasteiger partial charge < -0.3 is 10.1 Å². The maximum absolute atomic E-state index is 11.3. The summed E-state index contributed by atoms with van der Waals surface area (Å²) in [7, 11) is 1.83. The molecule has 6 heteroatoms. The van der Waals surface area contributed by atoms with Gasteiger partial charge in [-0.3, -0.25) is 5.10 Å². The van der Waals surface area contributed by atoms with E-state index in [4.69, 9.17) is 4.74 Å². The molecule has 1 aromatic heterocycles. The van der Waals surface area contributed by atoms with Crippen molar-refractivity contribution in [2.45, 2.75) is 26.3 Å². The van der Waals surface area contributed by atoms with Crippen molar-refractivity contribution in [2.24, 2.45) is 0 Å². The summed E-state index contributed by atoms with van der Waals surface area (Å²) in [4.78, 5) is 15.3. The molecule has 0 aromatic carbocycles. The highest BCUT2D eigenvalue weighted by molar-refractivity contribution is 5.84. The van der Waals surface area contributed by atoms with Gasteiger partial charge in [-0.05, 0) is 20.4 Å². The van der Waals surface area contributed by atoms with Crippen molar-refractivity contribution in [3.05, 3.63) is 11.6 Å². The maximum atomic E-state index is 11.3. The van der Waals surface area contributed by atoms with E-state index in [1.54, 1.807) is 6.92 Å². The molecule has 1 aromatic rings. The average molecular weight is 212 g/mol. The van der Waals surface area contributed by atoms with Gasteiger partial charge in [0, 0.05) is 0 Å². The number of carbonyl (C=O) groups is 1. The minimum absolute atomic E-state index is 0.0838. The molecule has 84 valence electrons. The van der Waals surface area contributed by atoms with Crippen molar-refractivity contribution < 1.29 is 9.53 Å². The number of ether oxygens (including phenoxy) is 1. The summed E-state index contributed by atoms with van der Waals surface area (Å²) in [6.45, 7) is 4.09. The van der Waals surface area contributed by atoms with E-state index in [-0.39, 0.29) is 11.9 Å². The second kappa shape index (κ2) is 5.45. The maximum Gasteiger partial charge on any atom is 0.378 e. The van der Waals surface area contributed by atoms with Crippen LogP contribution in [0.4, 0.5) is 0 Å². The predicted molar refractivity (Wildman–Crippen MR) is 54.4 cm³/mol. The number of aromatic amines is 1. The zero-order chi connectivity index (χ0) is 11.3. The Kier molecular flexibility index (Phi) is 4.23. The summed E-state index contributed by atoms with van der Waals surface area (Å²) in [5, 5.41) is 9.59. The van der Waals surface area contributed by atoms with Gasteiger partial charge in [0.25, 0.3) is 5.82 Å². The minimum atomic E-state index is -0.494. The van der Waals surface area contributed by atoms with Crippen molar-refractivity contribution in [1.82, 2.24) is 20.5 Å². The minimum Gasteiger partial charge on any atom is -0.460 e. The van der Waals surface area contributed by atoms with Crippen molar-refractivity contribution in [1.29, 1.82) is 0 Å². The molecule has 0 radical (unpaired) electrons. The second-order valence-electron chi connectivity index (χ2n) is 3.01. The molecule has 0 saturated carbocycles. The lowest BCUT2D eigenvalue weighted by Crippen LogP contribution is -2.17. The van der Waals surface area contributed by atoms with Crippen LogP contribution in [-0.4, -0.2) is 34.8 Å². The summed E-state index contributed by atoms with van der Waals surface area (Å²) in [5.74, 6) is 0.245. The normalized spacial score (nSPS) is 12.5. The fraction of sp³-hybridized carbons (Fsp3) is 0.667. The van der Waals surface area contributed by atoms with E-state index in [1.807, 2.05) is 14.0 Å². The molecule has 0 spiro atoms. The van der Waals surface area contributed by atoms with Gasteiger partial charge >= 0.3 is 5.97 Å². The molecule has 1 rings (SSSR count). The molecule has 0 fully saturated rings. The van der Waals surface area contributed by atoms with Gasteiger partial charge in [0.1, 0.15) is 5.82 Å². The molecular formula is C9H16N4O2. The van der Waals surface area contributed by atoms with Crippen molar-refractivity contribution in [2.75, 3.05) is 13.7 Å². The third kappa shape index (κ3) is 2.76. The molecular weight excluding hydrogens is 196 g/mol. The molecule has 0 saturated heterocycles. The summed E-state index contributed by atoms with van der Waals surface area (Å²) >= 11 is 0. The number of nitrogens with zero attached hydrogens (tertiary/aromatic N) is 2. The van der Waals surface area contributed by atoms with Crippen molar-refractivity contribution >= 4 is 5.97 Å². The molecule has 0 amide bonds. The van der Waals surface area contributed by atoms with Crippen LogP contribution >= 0.6 is 0 Å². The molecule has 6 nitrogen and oxygen atoms in total. The zero-order valence-corrected chi connectivity index (χ0v) is 9.20. The van der Waals surface area contributed by atoms with Crippen LogP contribution in [0.5, 0.6) is 0 Å². The van der Waals surface area contributed by atoms with E-state index < -0.39 is 5.97 Å². The van der Waals surface area contributed by atoms with Crippen molar-refractivity contribution in [3.63, 3.8) is 0 Å². The zero-order valence-electron chi connectivity index (χ0n) is 9.20. The monoisotopic (exact) mass is 212 g/mol. The Labute approximate surface area is 88.4 Å². The van der Waals surface area contributed by atoms with Gasteiger partial charge in [-0.15, -0.1) is 5.10 Å². The lowest BCUT2D eigenvalue weighted by atomic mass is 10.2. The van der Waals surface area contributed by atoms with E-state index in [9.17, 15) is 4.79 Å². The third-order valence-electron chi connectivity index (χ3n) is 2.05. The average Bonchev–Trinajstić information content (AvgIpc) is 2.69. The molecule has 1 unspecified atom stereocenters. The standard InChI is InChI=1S/C9H16N4O2/c1-4-6(10-3)7-11-8(13-12-7)9(14)15-5-2/h6,10H,4-5H2,1-3H3,(H,11,12,13). The van der Waals surface area contributed by atoms with Gasteiger partial charge in [0.2, 0.25) is 0 Å². The molecule has 1 atom stereocenters. The smallest absolute Gasteiger partial charge is 0.378 e. The highest BCUT2D eigenvalue weighted by Crippen LogP contribution is 2.10. The Morgan fingerprint density at radius 2 is 2.33 bits per heavy atom. The first-order valence-electron chi connectivity index (χ1n) is 4.99. The molecule has 0 aliphatic rings. The van der Waals surface area contributed by atoms with Crippen LogP contribution in [0.3, 0.4) is 0 Å². The summed E-state index contributed by atoms with van der Waals surface area (Å²) in [6, 6.07) is 0.0840. The van der Waals surface area contributed by atoms with Crippen LogP contribution in [-0.2, 0) is 4.74 Å². The lowest BCUT2D eigenvalue weighted by Gasteiger charge is -2.08. The first-order chi connectivity index (χ1) is 7.22. The first-order valence-corrected chi connectivity index (χ1v) is 4.99. The fourth-order valence-corrected chi connectivity index (χ4v) is 1.25. The van der Waals surface area contributed by atoms with E-state index in [2.05, 4.69) is 20.5 Å². The number of aromatic nitrogens is 3. The van der Waals surface area contributed by atoms with E-state index in [0.717, 1.165) is 6.42 Å². The van der Waals surface area contributed by atoms with Gasteiger partial charge in [-0.1, -0.05) is 6.92 Å². The topological polar surface area (TPSA) is 79.9 Å². The van der Waals surface area contributed by atoms with Crippen LogP contribution in [0.1, 0.15) is 42.8 Å². The predicted octanol–water partition coefficient (Wildman–Crippen LogP) is 0.652. The van der Waals surface area contributed by atoms with Gasteiger partial charge in [0.05, 0.1) is 12.6 Å².